The summed E-state index contributed by atoms with van der Waals surface area (Å²) in [6, 6.07) is 8.09. The number of phenolic OH excluding ortho intramolecular Hbond substituents is 2. The highest BCUT2D eigenvalue weighted by Crippen LogP contribution is 2.20. The number of carbonyl (C=O) groups is 4. The van der Waals surface area contributed by atoms with Crippen LogP contribution < -0.4 is 16.4 Å². The summed E-state index contributed by atoms with van der Waals surface area (Å²) in [7, 11) is 0. The Morgan fingerprint density at radius 1 is 0.950 bits per heavy atom. The molecular weight excluding hydrogens is 536 g/mol. The smallest absolute Gasteiger partial charge is 0.326 e. The third-order valence-electron chi connectivity index (χ3n) is 6.79. The van der Waals surface area contributed by atoms with Gasteiger partial charge in [-0.25, -0.2) is 4.79 Å². The third kappa shape index (κ3) is 8.62. The molecule has 1 fully saturated rings. The highest BCUT2D eigenvalue weighted by molar-refractivity contribution is 7.98. The fraction of sp³-hybridized carbons (Fsp3) is 0.429. The van der Waals surface area contributed by atoms with Crippen LogP contribution in [0.15, 0.2) is 48.5 Å². The van der Waals surface area contributed by atoms with Crippen LogP contribution >= 0.6 is 11.8 Å². The molecule has 4 atom stereocenters. The maximum absolute atomic E-state index is 13.4. The van der Waals surface area contributed by atoms with Crippen molar-refractivity contribution in [2.45, 2.75) is 56.3 Å². The molecule has 1 aliphatic rings. The molecule has 0 radical (unpaired) electrons. The lowest BCUT2D eigenvalue weighted by molar-refractivity contribution is -0.143. The van der Waals surface area contributed by atoms with Gasteiger partial charge in [-0.15, -0.1) is 0 Å². The molecule has 0 bridgehead atoms. The first kappa shape index (κ1) is 30.8. The first-order valence-corrected chi connectivity index (χ1v) is 14.4. The van der Waals surface area contributed by atoms with Gasteiger partial charge in [0.1, 0.15) is 29.6 Å². The van der Waals surface area contributed by atoms with Gasteiger partial charge < -0.3 is 36.6 Å². The van der Waals surface area contributed by atoms with Crippen LogP contribution in [0.4, 0.5) is 0 Å². The first-order valence-electron chi connectivity index (χ1n) is 13.0. The molecule has 40 heavy (non-hydrogen) atoms. The lowest BCUT2D eigenvalue weighted by atomic mass is 10.0. The molecule has 1 saturated heterocycles. The highest BCUT2D eigenvalue weighted by Gasteiger charge is 2.38. The summed E-state index contributed by atoms with van der Waals surface area (Å²) in [6.07, 6.45) is 3.41. The standard InChI is InChI=1S/C28H36N4O7S/c1-40-14-12-21(29)27(37)32-13-2-3-24(32)26(36)30-22(15-17-4-8-19(33)9-5-17)25(35)31-23(28(38)39)16-18-6-10-20(34)11-7-18/h4-11,21-24,33-34H,2-3,12-16,29H2,1H3,(H,30,36)(H,31,35)(H,38,39). The number of rotatable bonds is 13. The summed E-state index contributed by atoms with van der Waals surface area (Å²) in [5.41, 5.74) is 7.29. The zero-order valence-electron chi connectivity index (χ0n) is 22.3. The van der Waals surface area contributed by atoms with E-state index in [0.717, 1.165) is 0 Å². The number of hydrogen-bond donors (Lipinski definition) is 6. The molecular formula is C28H36N4O7S. The van der Waals surface area contributed by atoms with Crippen LogP contribution in [0.2, 0.25) is 0 Å². The van der Waals surface area contributed by atoms with E-state index in [2.05, 4.69) is 10.6 Å². The van der Waals surface area contributed by atoms with Crippen molar-refractivity contribution in [3.8, 4) is 11.5 Å². The van der Waals surface area contributed by atoms with Crippen LogP contribution in [0, 0.1) is 0 Å². The molecule has 0 aliphatic carbocycles. The largest absolute Gasteiger partial charge is 0.508 e. The Hall–Kier alpha value is -3.77. The molecule has 2 aromatic carbocycles. The number of carboxylic acid groups (broad SMARTS) is 1. The van der Waals surface area contributed by atoms with Gasteiger partial charge in [0.2, 0.25) is 17.7 Å². The molecule has 7 N–H and O–H groups in total. The lowest BCUT2D eigenvalue weighted by Gasteiger charge is -2.28. The number of benzene rings is 2. The molecule has 0 spiro atoms. The van der Waals surface area contributed by atoms with Crippen molar-refractivity contribution in [3.63, 3.8) is 0 Å². The van der Waals surface area contributed by atoms with Crippen LogP contribution in [0.5, 0.6) is 11.5 Å². The average Bonchev–Trinajstić information content (AvgIpc) is 3.43. The van der Waals surface area contributed by atoms with Crippen molar-refractivity contribution in [1.29, 1.82) is 0 Å². The molecule has 1 aliphatic heterocycles. The van der Waals surface area contributed by atoms with Gasteiger partial charge in [-0.2, -0.15) is 11.8 Å². The minimum Gasteiger partial charge on any atom is -0.508 e. The fourth-order valence-electron chi connectivity index (χ4n) is 4.57. The monoisotopic (exact) mass is 572 g/mol. The Bertz CT molecular complexity index is 1180. The second-order valence-corrected chi connectivity index (χ2v) is 10.8. The number of hydrogen-bond acceptors (Lipinski definition) is 8. The number of thioether (sulfide) groups is 1. The topological polar surface area (TPSA) is 182 Å². The zero-order valence-corrected chi connectivity index (χ0v) is 23.1. The van der Waals surface area contributed by atoms with Crippen LogP contribution in [-0.4, -0.2) is 86.6 Å². The SMILES string of the molecule is CSCCC(N)C(=O)N1CCCC1C(=O)NC(Cc1ccc(O)cc1)C(=O)NC(Cc1ccc(O)cc1)C(=O)O. The number of nitrogens with zero attached hydrogens (tertiary/aromatic N) is 1. The van der Waals surface area contributed by atoms with Crippen molar-refractivity contribution in [1.82, 2.24) is 15.5 Å². The molecule has 216 valence electrons. The number of aromatic hydroxyl groups is 2. The zero-order chi connectivity index (χ0) is 29.2. The van der Waals surface area contributed by atoms with Gasteiger partial charge >= 0.3 is 5.97 Å². The van der Waals surface area contributed by atoms with Crippen LogP contribution in [0.25, 0.3) is 0 Å². The number of likely N-dealkylation sites (tertiary alicyclic amines) is 1. The summed E-state index contributed by atoms with van der Waals surface area (Å²) in [5, 5.41) is 34.1. The summed E-state index contributed by atoms with van der Waals surface area (Å²) in [6.45, 7) is 0.381. The molecule has 1 heterocycles. The van der Waals surface area contributed by atoms with Crippen LogP contribution in [0.3, 0.4) is 0 Å². The molecule has 11 nitrogen and oxygen atoms in total. The molecule has 2 aromatic rings. The van der Waals surface area contributed by atoms with E-state index in [1.54, 1.807) is 36.0 Å². The second kappa shape index (κ2) is 14.6. The number of carboxylic acids is 1. The minimum absolute atomic E-state index is 0.0251. The first-order chi connectivity index (χ1) is 19.1. The number of aliphatic carboxylic acids is 1. The number of nitrogens with one attached hydrogen (secondary N) is 2. The molecule has 0 saturated carbocycles. The Morgan fingerprint density at radius 3 is 2.02 bits per heavy atom. The van der Waals surface area contributed by atoms with Gasteiger partial charge in [0.25, 0.3) is 0 Å². The number of carbonyl (C=O) groups excluding carboxylic acids is 3. The van der Waals surface area contributed by atoms with Gasteiger partial charge in [0.15, 0.2) is 0 Å². The second-order valence-electron chi connectivity index (χ2n) is 9.78. The molecule has 3 amide bonds. The summed E-state index contributed by atoms with van der Waals surface area (Å²) in [5.74, 6) is -2.03. The Kier molecular flexibility index (Phi) is 11.2. The normalized spacial score (nSPS) is 17.1. The van der Waals surface area contributed by atoms with E-state index in [4.69, 9.17) is 5.73 Å². The van der Waals surface area contributed by atoms with Crippen molar-refractivity contribution in [2.75, 3.05) is 18.6 Å². The van der Waals surface area contributed by atoms with E-state index < -0.39 is 42.0 Å². The van der Waals surface area contributed by atoms with E-state index in [0.29, 0.717) is 42.7 Å². The molecule has 12 heteroatoms. The molecule has 0 aromatic heterocycles. The predicted octanol–water partition coefficient (Wildman–Crippen LogP) is 1.01. The quantitative estimate of drug-likeness (QED) is 0.204. The van der Waals surface area contributed by atoms with E-state index in [9.17, 15) is 34.5 Å². The van der Waals surface area contributed by atoms with Crippen molar-refractivity contribution in [2.24, 2.45) is 5.73 Å². The van der Waals surface area contributed by atoms with Gasteiger partial charge in [-0.05, 0) is 66.7 Å². The predicted molar refractivity (Wildman–Crippen MR) is 151 cm³/mol. The maximum Gasteiger partial charge on any atom is 0.326 e. The van der Waals surface area contributed by atoms with E-state index in [1.165, 1.54) is 29.2 Å². The van der Waals surface area contributed by atoms with E-state index in [1.807, 2.05) is 6.26 Å². The van der Waals surface area contributed by atoms with Crippen molar-refractivity contribution >= 4 is 35.5 Å². The Morgan fingerprint density at radius 2 is 1.50 bits per heavy atom. The highest BCUT2D eigenvalue weighted by atomic mass is 32.2. The Balaban J connectivity index is 1.77. The van der Waals surface area contributed by atoms with Gasteiger partial charge in [0.05, 0.1) is 6.04 Å². The Labute approximate surface area is 237 Å². The summed E-state index contributed by atoms with van der Waals surface area (Å²) in [4.78, 5) is 53.2. The van der Waals surface area contributed by atoms with Gasteiger partial charge in [0, 0.05) is 19.4 Å². The minimum atomic E-state index is -1.30. The number of phenols is 2. The molecule has 4 unspecified atom stereocenters. The lowest BCUT2D eigenvalue weighted by Crippen LogP contribution is -2.57. The average molecular weight is 573 g/mol. The van der Waals surface area contributed by atoms with Gasteiger partial charge in [-0.3, -0.25) is 14.4 Å². The fourth-order valence-corrected chi connectivity index (χ4v) is 5.06. The van der Waals surface area contributed by atoms with E-state index in [-0.39, 0.29) is 30.2 Å². The summed E-state index contributed by atoms with van der Waals surface area (Å²) >= 11 is 1.58. The van der Waals surface area contributed by atoms with E-state index >= 15 is 0 Å². The van der Waals surface area contributed by atoms with Crippen LogP contribution in [0.1, 0.15) is 30.4 Å². The summed E-state index contributed by atoms with van der Waals surface area (Å²) < 4.78 is 0. The number of nitrogens with two attached hydrogens (primary N) is 1. The van der Waals surface area contributed by atoms with Crippen molar-refractivity contribution < 1.29 is 34.5 Å². The molecule has 3 rings (SSSR count). The third-order valence-corrected chi connectivity index (χ3v) is 7.43. The number of amides is 3. The maximum atomic E-state index is 13.4. The van der Waals surface area contributed by atoms with Gasteiger partial charge in [-0.1, -0.05) is 24.3 Å². The van der Waals surface area contributed by atoms with Crippen LogP contribution in [-0.2, 0) is 32.0 Å². The van der Waals surface area contributed by atoms with Crippen molar-refractivity contribution in [3.05, 3.63) is 59.7 Å².